The molecule has 0 aromatic carbocycles. The van der Waals surface area contributed by atoms with E-state index >= 15 is 0 Å². The number of hydrogen-bond acceptors (Lipinski definition) is 6. The molecule has 0 spiro atoms. The fourth-order valence-electron chi connectivity index (χ4n) is 1.42. The van der Waals surface area contributed by atoms with Crippen molar-refractivity contribution in [3.63, 3.8) is 0 Å². The van der Waals surface area contributed by atoms with Gasteiger partial charge in [0.15, 0.2) is 5.96 Å². The summed E-state index contributed by atoms with van der Waals surface area (Å²) in [6.07, 6.45) is 2.28. The number of esters is 2. The monoisotopic (exact) mass is 367 g/mol. The van der Waals surface area contributed by atoms with Gasteiger partial charge in [0, 0.05) is 0 Å². The minimum Gasteiger partial charge on any atom is -0.370 e. The van der Waals surface area contributed by atoms with Crippen molar-refractivity contribution in [2.24, 2.45) is 27.9 Å². The first-order chi connectivity index (χ1) is 9.88. The molecule has 0 rings (SSSR count). The van der Waals surface area contributed by atoms with E-state index in [0.717, 1.165) is 5.32 Å². The molecule has 21 heavy (non-hydrogen) atoms. The van der Waals surface area contributed by atoms with Gasteiger partial charge in [-0.2, -0.15) is 0 Å². The summed E-state index contributed by atoms with van der Waals surface area (Å²) in [5, 5.41) is 0.869. The van der Waals surface area contributed by atoms with Gasteiger partial charge in [-0.1, -0.05) is 0 Å². The Morgan fingerprint density at radius 1 is 1.10 bits per heavy atom. The van der Waals surface area contributed by atoms with Gasteiger partial charge in [0.25, 0.3) is 0 Å². The molecule has 0 heterocycles. The van der Waals surface area contributed by atoms with Crippen molar-refractivity contribution in [1.82, 2.24) is 0 Å². The Balaban J connectivity index is 3.93. The van der Waals surface area contributed by atoms with Crippen molar-refractivity contribution in [3.8, 4) is 0 Å². The fourth-order valence-corrected chi connectivity index (χ4v) is 2.44. The molecular weight excluding hydrogens is 341 g/mol. The van der Waals surface area contributed by atoms with E-state index in [2.05, 4.69) is 15.6 Å². The normalized spacial score (nSPS) is 13.3. The number of unbranched alkanes of at least 4 members (excludes halogenated alkanes) is 1. The minimum atomic E-state index is -0.837. The molecule has 1 unspecified atom stereocenters. The topological polar surface area (TPSA) is 160 Å². The molecule has 0 bridgehead atoms. The van der Waals surface area contributed by atoms with Crippen LogP contribution in [0.25, 0.3) is 0 Å². The number of ether oxygens (including phenoxy) is 1. The van der Waals surface area contributed by atoms with E-state index in [1.54, 1.807) is 0 Å². The Kier molecular flexibility index (Phi) is 10.9. The average molecular weight is 366 g/mol. The number of nitrogens with two attached hydrogens (primary N) is 4. The standard InChI is InChI=1S/C12H25N5O3Se/c1-21-7-5-9(14)11(19)20-10(18)8(13)4-2-3-6-17-12(15)16/h8-9H,2-7,13-14H2,1H3,(H4,15,16,17)/t8?,9-/m0/s1. The van der Waals surface area contributed by atoms with Gasteiger partial charge in [0.2, 0.25) is 0 Å². The second-order valence-corrected chi connectivity index (χ2v) is 6.60. The van der Waals surface area contributed by atoms with Crippen molar-refractivity contribution in [2.75, 3.05) is 6.54 Å². The van der Waals surface area contributed by atoms with Crippen LogP contribution in [0.15, 0.2) is 4.99 Å². The molecule has 0 aromatic rings. The summed E-state index contributed by atoms with van der Waals surface area (Å²) in [5.41, 5.74) is 21.6. The Labute approximate surface area is 131 Å². The van der Waals surface area contributed by atoms with Crippen LogP contribution in [0.3, 0.4) is 0 Å². The maximum atomic E-state index is 11.6. The molecule has 0 amide bonds. The van der Waals surface area contributed by atoms with E-state index < -0.39 is 24.0 Å². The first kappa shape index (κ1) is 19.8. The third-order valence-corrected chi connectivity index (χ3v) is 4.01. The van der Waals surface area contributed by atoms with Crippen LogP contribution in [0.1, 0.15) is 25.7 Å². The molecule has 0 aliphatic carbocycles. The van der Waals surface area contributed by atoms with Crippen molar-refractivity contribution >= 4 is 32.9 Å². The number of rotatable bonds is 10. The van der Waals surface area contributed by atoms with Crippen molar-refractivity contribution in [3.05, 3.63) is 0 Å². The van der Waals surface area contributed by atoms with Crippen LogP contribution in [0.5, 0.6) is 0 Å². The molecule has 0 aliphatic rings. The van der Waals surface area contributed by atoms with E-state index in [1.807, 2.05) is 0 Å². The fraction of sp³-hybridized carbons (Fsp3) is 0.750. The van der Waals surface area contributed by atoms with E-state index in [9.17, 15) is 9.59 Å². The molecular formula is C12H25N5O3Se. The van der Waals surface area contributed by atoms with Crippen molar-refractivity contribution < 1.29 is 14.3 Å². The first-order valence-electron chi connectivity index (χ1n) is 6.69. The van der Waals surface area contributed by atoms with E-state index in [4.69, 9.17) is 22.9 Å². The molecule has 122 valence electrons. The number of hydrogen-bond donors (Lipinski definition) is 4. The van der Waals surface area contributed by atoms with Gasteiger partial charge in [-0.25, -0.2) is 0 Å². The Hall–Kier alpha value is -1.15. The zero-order valence-electron chi connectivity index (χ0n) is 12.3. The van der Waals surface area contributed by atoms with Gasteiger partial charge >= 0.3 is 113 Å². The van der Waals surface area contributed by atoms with E-state index in [1.165, 1.54) is 0 Å². The Morgan fingerprint density at radius 3 is 2.19 bits per heavy atom. The van der Waals surface area contributed by atoms with Crippen LogP contribution in [-0.2, 0) is 14.3 Å². The average Bonchev–Trinajstić information content (AvgIpc) is 2.43. The van der Waals surface area contributed by atoms with Crippen LogP contribution < -0.4 is 22.9 Å². The van der Waals surface area contributed by atoms with Gasteiger partial charge in [-0.15, -0.1) is 0 Å². The number of carbonyl (C=O) groups is 2. The van der Waals surface area contributed by atoms with Crippen LogP contribution >= 0.6 is 0 Å². The van der Waals surface area contributed by atoms with Crippen LogP contribution in [0, 0.1) is 0 Å². The number of carbonyl (C=O) groups excluding carboxylic acids is 2. The molecule has 8 nitrogen and oxygen atoms in total. The summed E-state index contributed by atoms with van der Waals surface area (Å²) >= 11 is 0.438. The third-order valence-electron chi connectivity index (χ3n) is 2.66. The summed E-state index contributed by atoms with van der Waals surface area (Å²) in [6, 6.07) is -1.60. The van der Waals surface area contributed by atoms with Gasteiger partial charge in [-0.05, 0) is 0 Å². The quantitative estimate of drug-likeness (QED) is 0.0935. The number of nitrogens with zero attached hydrogens (tertiary/aromatic N) is 1. The predicted molar refractivity (Wildman–Crippen MR) is 82.6 cm³/mol. The SMILES string of the molecule is C[Se]CC[C@H](N)C(=O)OC(=O)C(N)CCCCN=C(N)N. The summed E-state index contributed by atoms with van der Waals surface area (Å²) in [5.74, 6) is 0.639. The molecule has 0 aliphatic heterocycles. The molecule has 0 fully saturated rings. The third kappa shape index (κ3) is 10.2. The molecule has 0 aromatic heterocycles. The van der Waals surface area contributed by atoms with Crippen molar-refractivity contribution in [1.29, 1.82) is 0 Å². The molecule has 0 saturated heterocycles. The van der Waals surface area contributed by atoms with E-state index in [0.29, 0.717) is 47.2 Å². The summed E-state index contributed by atoms with van der Waals surface area (Å²) < 4.78 is 4.68. The van der Waals surface area contributed by atoms with Gasteiger partial charge < -0.3 is 11.5 Å². The Morgan fingerprint density at radius 2 is 1.67 bits per heavy atom. The second-order valence-electron chi connectivity index (χ2n) is 4.54. The predicted octanol–water partition coefficient (Wildman–Crippen LogP) is -1.28. The van der Waals surface area contributed by atoms with Crippen LogP contribution in [-0.4, -0.2) is 51.5 Å². The molecule has 8 N–H and O–H groups in total. The van der Waals surface area contributed by atoms with Crippen LogP contribution in [0.2, 0.25) is 11.1 Å². The van der Waals surface area contributed by atoms with Crippen molar-refractivity contribution in [2.45, 2.75) is 48.9 Å². The maximum absolute atomic E-state index is 11.6. The smallest absolute Gasteiger partial charge is 0.370 e. The number of aliphatic imine (C=N–C) groups is 1. The first-order valence-corrected chi connectivity index (χ1v) is 9.62. The molecule has 0 saturated carbocycles. The zero-order chi connectivity index (χ0) is 16.3. The summed E-state index contributed by atoms with van der Waals surface area (Å²) in [7, 11) is 0. The Bertz CT molecular complexity index is 361. The summed E-state index contributed by atoms with van der Waals surface area (Å²) in [4.78, 5) is 27.0. The minimum absolute atomic E-state index is 0.0340. The van der Waals surface area contributed by atoms with Gasteiger partial charge in [-0.3, -0.25) is 0 Å². The zero-order valence-corrected chi connectivity index (χ0v) is 14.0. The van der Waals surface area contributed by atoms with E-state index in [-0.39, 0.29) is 5.96 Å². The summed E-state index contributed by atoms with van der Waals surface area (Å²) in [6.45, 7) is 0.479. The van der Waals surface area contributed by atoms with Gasteiger partial charge in [0.05, 0.1) is 0 Å². The molecule has 9 heteroatoms. The molecule has 2 atom stereocenters. The molecule has 0 radical (unpaired) electrons. The second kappa shape index (κ2) is 11.5. The van der Waals surface area contributed by atoms with Crippen LogP contribution in [0.4, 0.5) is 0 Å². The number of guanidine groups is 1. The van der Waals surface area contributed by atoms with Gasteiger partial charge in [0.1, 0.15) is 0 Å².